The number of anilines is 3. The van der Waals surface area contributed by atoms with E-state index in [4.69, 9.17) is 15.6 Å². The first-order valence-electron chi connectivity index (χ1n) is 8.46. The topological polar surface area (TPSA) is 146 Å². The number of nitrogens with one attached hydrogen (secondary N) is 3. The molecule has 0 bridgehead atoms. The number of carboxylic acid groups (broad SMARTS) is 1. The Balaban J connectivity index is 0.000000659. The Morgan fingerprint density at radius 2 is 1.96 bits per heavy atom. The van der Waals surface area contributed by atoms with Gasteiger partial charge in [0.2, 0.25) is 11.9 Å². The summed E-state index contributed by atoms with van der Waals surface area (Å²) in [6.07, 6.45) is 5.37. The molecule has 0 aromatic heterocycles. The van der Waals surface area contributed by atoms with Crippen molar-refractivity contribution < 1.29 is 14.7 Å². The molecule has 0 unspecified atom stereocenters. The Bertz CT molecular complexity index is 888. The molecule has 0 saturated heterocycles. The molecule has 1 aromatic rings. The van der Waals surface area contributed by atoms with Crippen molar-refractivity contribution in [3.63, 3.8) is 0 Å². The number of carbonyl (C=O) groups excluding carboxylic acids is 1. The molecule has 1 amide bonds. The van der Waals surface area contributed by atoms with Gasteiger partial charge in [-0.05, 0) is 49.6 Å². The highest BCUT2D eigenvalue weighted by molar-refractivity contribution is 5.93. The van der Waals surface area contributed by atoms with Crippen LogP contribution in [-0.2, 0) is 4.79 Å². The molecule has 0 radical (unpaired) electrons. The summed E-state index contributed by atoms with van der Waals surface area (Å²) < 4.78 is 0. The zero-order valence-corrected chi connectivity index (χ0v) is 14.5. The lowest BCUT2D eigenvalue weighted by Crippen LogP contribution is -2.28. The fraction of sp³-hybridized carbons (Fsp3) is 0.222. The number of amides is 1. The second-order valence-electron chi connectivity index (χ2n) is 6.09. The van der Waals surface area contributed by atoms with Crippen LogP contribution in [0.2, 0.25) is 0 Å². The molecule has 0 atom stereocenters. The summed E-state index contributed by atoms with van der Waals surface area (Å²) in [6, 6.07) is 9.37. The first kappa shape index (κ1) is 18.2. The van der Waals surface area contributed by atoms with E-state index in [1.54, 1.807) is 30.5 Å². The van der Waals surface area contributed by atoms with Crippen LogP contribution in [0.5, 0.6) is 0 Å². The minimum Gasteiger partial charge on any atom is -0.483 e. The smallest absolute Gasteiger partial charge is 0.290 e. The van der Waals surface area contributed by atoms with Gasteiger partial charge in [0.1, 0.15) is 11.6 Å². The Labute approximate surface area is 155 Å². The van der Waals surface area contributed by atoms with E-state index < -0.39 is 5.91 Å². The van der Waals surface area contributed by atoms with Crippen molar-refractivity contribution in [1.82, 2.24) is 15.0 Å². The van der Waals surface area contributed by atoms with Crippen LogP contribution < -0.4 is 16.4 Å². The van der Waals surface area contributed by atoms with Crippen molar-refractivity contribution in [2.45, 2.75) is 25.3 Å². The van der Waals surface area contributed by atoms with Crippen LogP contribution in [-0.4, -0.2) is 38.5 Å². The molecule has 140 valence electrons. The number of nitrogens with zero attached hydrogens (tertiary/aromatic N) is 2. The van der Waals surface area contributed by atoms with Crippen LogP contribution in [0, 0.1) is 0 Å². The van der Waals surface area contributed by atoms with E-state index in [-0.39, 0.29) is 6.47 Å². The van der Waals surface area contributed by atoms with Gasteiger partial charge in [0.05, 0.1) is 5.56 Å². The van der Waals surface area contributed by atoms with Crippen LogP contribution in [0.25, 0.3) is 11.4 Å². The third-order valence-electron chi connectivity index (χ3n) is 4.29. The molecule has 9 heteroatoms. The van der Waals surface area contributed by atoms with Crippen molar-refractivity contribution in [1.29, 1.82) is 0 Å². The van der Waals surface area contributed by atoms with Gasteiger partial charge >= 0.3 is 0 Å². The zero-order valence-electron chi connectivity index (χ0n) is 14.5. The normalized spacial score (nSPS) is 13.2. The molecule has 6 N–H and O–H groups in total. The van der Waals surface area contributed by atoms with Gasteiger partial charge in [0, 0.05) is 23.5 Å². The summed E-state index contributed by atoms with van der Waals surface area (Å²) in [5.41, 5.74) is 7.52. The number of carbonyl (C=O) groups is 2. The van der Waals surface area contributed by atoms with Crippen LogP contribution in [0.15, 0.2) is 36.5 Å². The number of primary amides is 1. The average molecular weight is 368 g/mol. The van der Waals surface area contributed by atoms with E-state index in [0.717, 1.165) is 22.9 Å². The Hall–Kier alpha value is -3.62. The van der Waals surface area contributed by atoms with Gasteiger partial charge in [-0.1, -0.05) is 0 Å². The first-order valence-corrected chi connectivity index (χ1v) is 8.46. The largest absolute Gasteiger partial charge is 0.483 e. The second kappa shape index (κ2) is 8.17. The molecule has 2 aliphatic heterocycles. The van der Waals surface area contributed by atoms with Gasteiger partial charge in [-0.2, -0.15) is 4.98 Å². The van der Waals surface area contributed by atoms with Gasteiger partial charge < -0.3 is 26.5 Å². The molecular formula is C18H20N6O3. The highest BCUT2D eigenvalue weighted by atomic mass is 16.3. The number of hydrogen-bond donors (Lipinski definition) is 5. The van der Waals surface area contributed by atoms with E-state index in [1.807, 2.05) is 6.07 Å². The van der Waals surface area contributed by atoms with Crippen molar-refractivity contribution in [2.75, 3.05) is 10.6 Å². The predicted molar refractivity (Wildman–Crippen MR) is 101 cm³/mol. The Kier molecular flexibility index (Phi) is 5.50. The lowest BCUT2D eigenvalue weighted by molar-refractivity contribution is -0.122. The maximum Gasteiger partial charge on any atom is 0.290 e. The number of benzene rings is 1. The van der Waals surface area contributed by atoms with E-state index in [2.05, 4.69) is 25.6 Å². The number of rotatable bonds is 5. The fourth-order valence-corrected chi connectivity index (χ4v) is 2.71. The molecule has 1 aromatic carbocycles. The summed E-state index contributed by atoms with van der Waals surface area (Å²) in [5, 5.41) is 13.6. The number of fused-ring (bicyclic) bond motifs is 1. The van der Waals surface area contributed by atoms with Gasteiger partial charge in [0.15, 0.2) is 0 Å². The first-order chi connectivity index (χ1) is 13.1. The predicted octanol–water partition coefficient (Wildman–Crippen LogP) is 2.42. The fourth-order valence-electron chi connectivity index (χ4n) is 2.71. The Morgan fingerprint density at radius 3 is 2.56 bits per heavy atom. The van der Waals surface area contributed by atoms with Crippen molar-refractivity contribution >= 4 is 29.8 Å². The van der Waals surface area contributed by atoms with Gasteiger partial charge in [-0.3, -0.25) is 9.59 Å². The van der Waals surface area contributed by atoms with E-state index in [9.17, 15) is 4.79 Å². The number of aromatic nitrogens is 3. The highest BCUT2D eigenvalue weighted by Gasteiger charge is 2.21. The zero-order chi connectivity index (χ0) is 19.2. The SMILES string of the molecule is NC(=O)c1ccc(Nc2nc(NC3CCC3)c3ccnc-3[nH]2)cc1.O=CO. The Morgan fingerprint density at radius 1 is 1.26 bits per heavy atom. The molecule has 0 spiro atoms. The van der Waals surface area contributed by atoms with Crippen molar-refractivity contribution in [3.05, 3.63) is 42.1 Å². The molecule has 27 heavy (non-hydrogen) atoms. The van der Waals surface area contributed by atoms with Gasteiger partial charge in [0.25, 0.3) is 6.47 Å². The summed E-state index contributed by atoms with van der Waals surface area (Å²) in [4.78, 5) is 31.6. The minimum atomic E-state index is -0.444. The number of aromatic amines is 1. The standard InChI is InChI=1S/C17H18N6O.CH2O2/c18-14(24)10-4-6-12(7-5-10)21-17-22-15-13(8-9-19-15)16(23-17)20-11-2-1-3-11;2-1-3/h4-9,11H,1-3H2,(H2,18,24)(H3,19,20,21,22,23);1H,(H,2,3). The van der Waals surface area contributed by atoms with E-state index in [1.165, 1.54) is 19.3 Å². The van der Waals surface area contributed by atoms with Gasteiger partial charge in [-0.15, -0.1) is 0 Å². The maximum atomic E-state index is 11.1. The summed E-state index contributed by atoms with van der Waals surface area (Å²) in [6.45, 7) is -0.250. The molecule has 9 nitrogen and oxygen atoms in total. The quantitative estimate of drug-likeness (QED) is 0.435. The van der Waals surface area contributed by atoms with Crippen molar-refractivity contribution in [3.8, 4) is 11.4 Å². The average Bonchev–Trinajstić information content (AvgIpc) is 3.08. The molecule has 2 heterocycles. The molecule has 1 aliphatic carbocycles. The minimum absolute atomic E-state index is 0.250. The summed E-state index contributed by atoms with van der Waals surface area (Å²) >= 11 is 0. The van der Waals surface area contributed by atoms with Crippen molar-refractivity contribution in [2.24, 2.45) is 5.73 Å². The van der Waals surface area contributed by atoms with E-state index in [0.29, 0.717) is 17.6 Å². The monoisotopic (exact) mass is 368 g/mol. The molecular weight excluding hydrogens is 348 g/mol. The maximum absolute atomic E-state index is 11.1. The molecule has 1 saturated carbocycles. The number of hydrogen-bond acceptors (Lipinski definition) is 6. The molecule has 3 aliphatic rings. The van der Waals surface area contributed by atoms with E-state index >= 15 is 0 Å². The van der Waals surface area contributed by atoms with Crippen LogP contribution in [0.1, 0.15) is 29.6 Å². The molecule has 4 rings (SSSR count). The van der Waals surface area contributed by atoms with Crippen LogP contribution in [0.3, 0.4) is 0 Å². The third kappa shape index (κ3) is 4.32. The highest BCUT2D eigenvalue weighted by Crippen LogP contribution is 2.31. The summed E-state index contributed by atoms with van der Waals surface area (Å²) in [7, 11) is 0. The third-order valence-corrected chi connectivity index (χ3v) is 4.29. The second-order valence-corrected chi connectivity index (χ2v) is 6.09. The summed E-state index contributed by atoms with van der Waals surface area (Å²) in [5.74, 6) is 1.76. The van der Waals surface area contributed by atoms with Crippen LogP contribution in [0.4, 0.5) is 17.5 Å². The van der Waals surface area contributed by atoms with Gasteiger partial charge in [-0.25, -0.2) is 4.98 Å². The van der Waals surface area contributed by atoms with Crippen LogP contribution >= 0.6 is 0 Å². The molecule has 1 fully saturated rings. The lowest BCUT2D eigenvalue weighted by atomic mass is 9.93. The lowest BCUT2D eigenvalue weighted by Gasteiger charge is -2.28. The number of nitrogens with two attached hydrogens (primary N) is 1. The number of H-pyrrole nitrogens is 1.